The zero-order chi connectivity index (χ0) is 15.1. The van der Waals surface area contributed by atoms with Crippen LogP contribution in [-0.4, -0.2) is 19.4 Å². The van der Waals surface area contributed by atoms with E-state index >= 15 is 0 Å². The van der Waals surface area contributed by atoms with Crippen LogP contribution in [0, 0.1) is 6.92 Å². The van der Waals surface area contributed by atoms with Crippen molar-refractivity contribution in [3.05, 3.63) is 34.9 Å². The van der Waals surface area contributed by atoms with Gasteiger partial charge in [0.15, 0.2) is 0 Å². The summed E-state index contributed by atoms with van der Waals surface area (Å²) in [5.74, 6) is -0.444. The lowest BCUT2D eigenvalue weighted by atomic mass is 9.92. The molecule has 0 saturated heterocycles. The van der Waals surface area contributed by atoms with Crippen LogP contribution >= 0.6 is 0 Å². The molecular formula is C16H21NO3. The lowest BCUT2D eigenvalue weighted by Gasteiger charge is -2.16. The fourth-order valence-electron chi connectivity index (χ4n) is 2.09. The average molecular weight is 275 g/mol. The summed E-state index contributed by atoms with van der Waals surface area (Å²) in [7, 11) is 1.33. The van der Waals surface area contributed by atoms with Crippen molar-refractivity contribution in [3.63, 3.8) is 0 Å². The molecular weight excluding hydrogens is 254 g/mol. The van der Waals surface area contributed by atoms with Crippen LogP contribution in [0.3, 0.4) is 0 Å². The molecule has 0 radical (unpaired) electrons. The molecule has 0 bridgehead atoms. The Morgan fingerprint density at radius 1 is 1.40 bits per heavy atom. The molecule has 0 aliphatic heterocycles. The number of ether oxygens (including phenoxy) is 1. The van der Waals surface area contributed by atoms with Crippen LogP contribution in [0.25, 0.3) is 5.57 Å². The quantitative estimate of drug-likeness (QED) is 0.375. The maximum Gasteiger partial charge on any atom is 0.338 e. The van der Waals surface area contributed by atoms with Crippen molar-refractivity contribution >= 4 is 23.5 Å². The van der Waals surface area contributed by atoms with Gasteiger partial charge in [-0.2, -0.15) is 0 Å². The van der Waals surface area contributed by atoms with Gasteiger partial charge in [0, 0.05) is 11.3 Å². The third-order valence-corrected chi connectivity index (χ3v) is 3.26. The van der Waals surface area contributed by atoms with E-state index in [-0.39, 0.29) is 0 Å². The van der Waals surface area contributed by atoms with E-state index in [1.807, 2.05) is 6.92 Å². The van der Waals surface area contributed by atoms with Crippen molar-refractivity contribution in [3.8, 4) is 0 Å². The lowest BCUT2D eigenvalue weighted by Crippen LogP contribution is -2.09. The first kappa shape index (κ1) is 16.0. The van der Waals surface area contributed by atoms with Crippen molar-refractivity contribution in [1.82, 2.24) is 0 Å². The molecule has 0 amide bonds. The Morgan fingerprint density at radius 2 is 2.10 bits per heavy atom. The van der Waals surface area contributed by atoms with E-state index in [4.69, 9.17) is 10.5 Å². The number of carbonyl (C=O) groups excluding carboxylic acids is 2. The fourth-order valence-corrected chi connectivity index (χ4v) is 2.09. The number of rotatable bonds is 6. The predicted molar refractivity (Wildman–Crippen MR) is 80.5 cm³/mol. The highest BCUT2D eigenvalue weighted by molar-refractivity contribution is 6.00. The number of unbranched alkanes of at least 4 members (excludes halogenated alkanes) is 1. The van der Waals surface area contributed by atoms with Gasteiger partial charge in [0.25, 0.3) is 0 Å². The van der Waals surface area contributed by atoms with Crippen LogP contribution in [0.2, 0.25) is 0 Å². The average Bonchev–Trinajstić information content (AvgIpc) is 2.45. The number of nitrogen functional groups attached to an aromatic ring is 1. The molecule has 2 N–H and O–H groups in total. The first-order valence-corrected chi connectivity index (χ1v) is 6.68. The van der Waals surface area contributed by atoms with Crippen molar-refractivity contribution in [1.29, 1.82) is 0 Å². The molecule has 0 atom stereocenters. The predicted octanol–water partition coefficient (Wildman–Crippen LogP) is 3.14. The molecule has 1 rings (SSSR count). The molecule has 0 fully saturated rings. The minimum absolute atomic E-state index is 0.403. The maximum absolute atomic E-state index is 11.9. The minimum Gasteiger partial charge on any atom is -0.465 e. The molecule has 108 valence electrons. The number of hydrogen-bond donors (Lipinski definition) is 1. The summed E-state index contributed by atoms with van der Waals surface area (Å²) < 4.78 is 4.79. The second-order valence-electron chi connectivity index (χ2n) is 4.64. The Morgan fingerprint density at radius 3 is 2.65 bits per heavy atom. The molecule has 0 aliphatic carbocycles. The van der Waals surface area contributed by atoms with E-state index in [0.717, 1.165) is 30.3 Å². The van der Waals surface area contributed by atoms with Gasteiger partial charge in [-0.1, -0.05) is 19.4 Å². The molecule has 4 nitrogen and oxygen atoms in total. The molecule has 0 unspecified atom stereocenters. The standard InChI is InChI=1S/C16H21NO3/c1-4-5-6-12(9-10-18)14-13(16(19)20-3)8-7-11(2)15(14)17/h7-10H,4-6,17H2,1-3H3/b12-9+. The number of allylic oxidation sites excluding steroid dienone is 2. The number of carbonyl (C=O) groups is 2. The smallest absolute Gasteiger partial charge is 0.338 e. The largest absolute Gasteiger partial charge is 0.465 e. The molecule has 1 aromatic rings. The van der Waals surface area contributed by atoms with Crippen LogP contribution in [0.4, 0.5) is 5.69 Å². The fraction of sp³-hybridized carbons (Fsp3) is 0.375. The summed E-state index contributed by atoms with van der Waals surface area (Å²) in [6.07, 6.45) is 4.83. The Balaban J connectivity index is 3.44. The van der Waals surface area contributed by atoms with E-state index in [9.17, 15) is 9.59 Å². The van der Waals surface area contributed by atoms with Crippen molar-refractivity contribution < 1.29 is 14.3 Å². The normalized spacial score (nSPS) is 11.2. The summed E-state index contributed by atoms with van der Waals surface area (Å²) in [5, 5.41) is 0. The Hall–Kier alpha value is -2.10. The molecule has 4 heteroatoms. The number of hydrogen-bond acceptors (Lipinski definition) is 4. The van der Waals surface area contributed by atoms with E-state index in [1.165, 1.54) is 13.2 Å². The van der Waals surface area contributed by atoms with Crippen LogP contribution in [0.5, 0.6) is 0 Å². The van der Waals surface area contributed by atoms with Gasteiger partial charge in [0.1, 0.15) is 6.29 Å². The van der Waals surface area contributed by atoms with Gasteiger partial charge in [0.05, 0.1) is 12.7 Å². The van der Waals surface area contributed by atoms with Crippen LogP contribution in [0.1, 0.15) is 47.7 Å². The zero-order valence-electron chi connectivity index (χ0n) is 12.2. The summed E-state index contributed by atoms with van der Waals surface area (Å²) >= 11 is 0. The number of aryl methyl sites for hydroxylation is 1. The number of aldehydes is 1. The van der Waals surface area contributed by atoms with Crippen LogP contribution in [0.15, 0.2) is 18.2 Å². The van der Waals surface area contributed by atoms with E-state index < -0.39 is 5.97 Å². The summed E-state index contributed by atoms with van der Waals surface area (Å²) in [6.45, 7) is 3.94. The number of methoxy groups -OCH3 is 1. The van der Waals surface area contributed by atoms with Crippen LogP contribution < -0.4 is 5.73 Å². The Bertz CT molecular complexity index is 533. The second kappa shape index (κ2) is 7.48. The molecule has 0 aromatic heterocycles. The van der Waals surface area contributed by atoms with Gasteiger partial charge in [-0.15, -0.1) is 0 Å². The third-order valence-electron chi connectivity index (χ3n) is 3.26. The van der Waals surface area contributed by atoms with Crippen molar-refractivity contribution in [2.45, 2.75) is 33.1 Å². The summed E-state index contributed by atoms with van der Waals surface area (Å²) in [6, 6.07) is 3.47. The zero-order valence-corrected chi connectivity index (χ0v) is 12.2. The van der Waals surface area contributed by atoms with Gasteiger partial charge in [0.2, 0.25) is 0 Å². The highest BCUT2D eigenvalue weighted by Crippen LogP contribution is 2.32. The van der Waals surface area contributed by atoms with Crippen molar-refractivity contribution in [2.75, 3.05) is 12.8 Å². The van der Waals surface area contributed by atoms with Crippen LogP contribution in [-0.2, 0) is 9.53 Å². The number of nitrogens with two attached hydrogens (primary N) is 1. The third kappa shape index (κ3) is 3.47. The summed E-state index contributed by atoms with van der Waals surface area (Å²) in [5.41, 5.74) is 9.32. The second-order valence-corrected chi connectivity index (χ2v) is 4.64. The van der Waals surface area contributed by atoms with Gasteiger partial charge in [-0.25, -0.2) is 4.79 Å². The topological polar surface area (TPSA) is 69.4 Å². The van der Waals surface area contributed by atoms with E-state index in [1.54, 1.807) is 12.1 Å². The molecule has 20 heavy (non-hydrogen) atoms. The van der Waals surface area contributed by atoms with E-state index in [2.05, 4.69) is 6.92 Å². The number of anilines is 1. The maximum atomic E-state index is 11.9. The summed E-state index contributed by atoms with van der Waals surface area (Å²) in [4.78, 5) is 22.8. The highest BCUT2D eigenvalue weighted by atomic mass is 16.5. The SMILES string of the molecule is CCCC/C(=C\C=O)c1c(C(=O)OC)ccc(C)c1N. The minimum atomic E-state index is -0.444. The van der Waals surface area contributed by atoms with Gasteiger partial charge >= 0.3 is 5.97 Å². The molecule has 0 heterocycles. The van der Waals surface area contributed by atoms with Gasteiger partial charge < -0.3 is 10.5 Å². The van der Waals surface area contributed by atoms with E-state index in [0.29, 0.717) is 23.2 Å². The van der Waals surface area contributed by atoms with Gasteiger partial charge in [-0.05, 0) is 43.0 Å². The highest BCUT2D eigenvalue weighted by Gasteiger charge is 2.18. The lowest BCUT2D eigenvalue weighted by molar-refractivity contribution is -0.104. The Labute approximate surface area is 119 Å². The van der Waals surface area contributed by atoms with Crippen molar-refractivity contribution in [2.24, 2.45) is 0 Å². The van der Waals surface area contributed by atoms with Gasteiger partial charge in [-0.3, -0.25) is 4.79 Å². The first-order valence-electron chi connectivity index (χ1n) is 6.68. The first-order chi connectivity index (χ1) is 9.56. The molecule has 0 aliphatic rings. The molecule has 1 aromatic carbocycles. The molecule has 0 spiro atoms. The number of esters is 1. The Kier molecular flexibility index (Phi) is 5.97. The monoisotopic (exact) mass is 275 g/mol. The molecule has 0 saturated carbocycles. The number of benzene rings is 1.